The zero-order chi connectivity index (χ0) is 12.3. The highest BCUT2D eigenvalue weighted by atomic mass is 35.5. The summed E-state index contributed by atoms with van der Waals surface area (Å²) in [4.78, 5) is 0. The van der Waals surface area contributed by atoms with Crippen LogP contribution in [0.4, 0.5) is 0 Å². The second-order valence-electron chi connectivity index (χ2n) is 5.71. The Morgan fingerprint density at radius 1 is 1.31 bits per heavy atom. The van der Waals surface area contributed by atoms with Gasteiger partial charge in [0.05, 0.1) is 0 Å². The molecule has 16 heavy (non-hydrogen) atoms. The number of halogens is 1. The Kier molecular flexibility index (Phi) is 4.40. The molecule has 1 unspecified atom stereocenters. The zero-order valence-electron chi connectivity index (χ0n) is 10.7. The average Bonchev–Trinajstić information content (AvgIpc) is 2.13. The maximum absolute atomic E-state index is 6.21. The van der Waals surface area contributed by atoms with Gasteiger partial charge < -0.3 is 5.73 Å². The molecule has 1 atom stereocenters. The number of rotatable bonds is 3. The van der Waals surface area contributed by atoms with Gasteiger partial charge in [-0.15, -0.1) is 0 Å². The third-order valence-corrected chi connectivity index (χ3v) is 3.07. The van der Waals surface area contributed by atoms with Gasteiger partial charge in [0.25, 0.3) is 0 Å². The molecule has 0 fully saturated rings. The second kappa shape index (κ2) is 5.20. The SMILES string of the molecule is Cc1cc(Cl)ccc1C(N)CCC(C)(C)C. The molecule has 2 heteroatoms. The molecule has 0 aromatic heterocycles. The van der Waals surface area contributed by atoms with Crippen molar-refractivity contribution >= 4 is 11.6 Å². The molecule has 1 aromatic rings. The first-order chi connectivity index (χ1) is 7.29. The molecule has 0 amide bonds. The fraction of sp³-hybridized carbons (Fsp3) is 0.571. The van der Waals surface area contributed by atoms with Gasteiger partial charge in [0, 0.05) is 11.1 Å². The number of hydrogen-bond donors (Lipinski definition) is 1. The first-order valence-corrected chi connectivity index (χ1v) is 6.19. The maximum atomic E-state index is 6.21. The van der Waals surface area contributed by atoms with Crippen molar-refractivity contribution in [2.45, 2.75) is 46.6 Å². The summed E-state index contributed by atoms with van der Waals surface area (Å²) in [5.74, 6) is 0. The summed E-state index contributed by atoms with van der Waals surface area (Å²) in [7, 11) is 0. The predicted octanol–water partition coefficient (Wildman–Crippen LogP) is 4.47. The maximum Gasteiger partial charge on any atom is 0.0408 e. The topological polar surface area (TPSA) is 26.0 Å². The van der Waals surface area contributed by atoms with Gasteiger partial charge in [-0.2, -0.15) is 0 Å². The van der Waals surface area contributed by atoms with Crippen molar-refractivity contribution in [3.63, 3.8) is 0 Å². The molecular formula is C14H22ClN. The molecule has 0 radical (unpaired) electrons. The number of aryl methyl sites for hydroxylation is 1. The summed E-state index contributed by atoms with van der Waals surface area (Å²) in [6.07, 6.45) is 2.15. The fourth-order valence-corrected chi connectivity index (χ4v) is 2.03. The van der Waals surface area contributed by atoms with E-state index in [1.54, 1.807) is 0 Å². The third kappa shape index (κ3) is 4.15. The van der Waals surface area contributed by atoms with E-state index in [2.05, 4.69) is 27.7 Å². The van der Waals surface area contributed by atoms with Crippen LogP contribution in [-0.4, -0.2) is 0 Å². The van der Waals surface area contributed by atoms with Crippen molar-refractivity contribution in [1.82, 2.24) is 0 Å². The van der Waals surface area contributed by atoms with Crippen LogP contribution >= 0.6 is 11.6 Å². The van der Waals surface area contributed by atoms with Gasteiger partial charge in [0.2, 0.25) is 0 Å². The van der Waals surface area contributed by atoms with Crippen LogP contribution in [0.5, 0.6) is 0 Å². The number of nitrogens with two attached hydrogens (primary N) is 1. The van der Waals surface area contributed by atoms with Crippen molar-refractivity contribution in [3.05, 3.63) is 34.3 Å². The predicted molar refractivity (Wildman–Crippen MR) is 71.8 cm³/mol. The lowest BCUT2D eigenvalue weighted by molar-refractivity contribution is 0.349. The second-order valence-corrected chi connectivity index (χ2v) is 6.14. The Morgan fingerprint density at radius 3 is 2.44 bits per heavy atom. The number of hydrogen-bond acceptors (Lipinski definition) is 1. The summed E-state index contributed by atoms with van der Waals surface area (Å²) in [6, 6.07) is 6.07. The van der Waals surface area contributed by atoms with E-state index in [1.807, 2.05) is 18.2 Å². The van der Waals surface area contributed by atoms with Crippen LogP contribution in [-0.2, 0) is 0 Å². The third-order valence-electron chi connectivity index (χ3n) is 2.84. The van der Waals surface area contributed by atoms with Crippen molar-refractivity contribution in [2.75, 3.05) is 0 Å². The Labute approximate surface area is 104 Å². The van der Waals surface area contributed by atoms with E-state index in [4.69, 9.17) is 17.3 Å². The first-order valence-electron chi connectivity index (χ1n) is 5.81. The van der Waals surface area contributed by atoms with Crippen molar-refractivity contribution in [2.24, 2.45) is 11.1 Å². The minimum Gasteiger partial charge on any atom is -0.324 e. The fourth-order valence-electron chi connectivity index (χ4n) is 1.80. The summed E-state index contributed by atoms with van der Waals surface area (Å²) in [6.45, 7) is 8.80. The van der Waals surface area contributed by atoms with E-state index in [0.29, 0.717) is 5.41 Å². The molecule has 1 rings (SSSR count). The molecule has 1 nitrogen and oxygen atoms in total. The van der Waals surface area contributed by atoms with E-state index < -0.39 is 0 Å². The van der Waals surface area contributed by atoms with Crippen LogP contribution in [0.3, 0.4) is 0 Å². The zero-order valence-corrected chi connectivity index (χ0v) is 11.4. The molecule has 0 aliphatic heterocycles. The van der Waals surface area contributed by atoms with Crippen molar-refractivity contribution in [3.8, 4) is 0 Å². The van der Waals surface area contributed by atoms with Gasteiger partial charge in [0.1, 0.15) is 0 Å². The minimum absolute atomic E-state index is 0.122. The van der Waals surface area contributed by atoms with Crippen LogP contribution in [0.2, 0.25) is 5.02 Å². The molecule has 0 heterocycles. The van der Waals surface area contributed by atoms with E-state index in [-0.39, 0.29) is 6.04 Å². The van der Waals surface area contributed by atoms with Gasteiger partial charge in [0.15, 0.2) is 0 Å². The molecule has 0 bridgehead atoms. The highest BCUT2D eigenvalue weighted by molar-refractivity contribution is 6.30. The molecule has 2 N–H and O–H groups in total. The van der Waals surface area contributed by atoms with Gasteiger partial charge in [-0.3, -0.25) is 0 Å². The minimum atomic E-state index is 0.122. The summed E-state index contributed by atoms with van der Waals surface area (Å²) >= 11 is 5.93. The average molecular weight is 240 g/mol. The summed E-state index contributed by atoms with van der Waals surface area (Å²) < 4.78 is 0. The van der Waals surface area contributed by atoms with Crippen LogP contribution in [0, 0.1) is 12.3 Å². The molecule has 0 spiro atoms. The van der Waals surface area contributed by atoms with E-state index in [0.717, 1.165) is 17.9 Å². The van der Waals surface area contributed by atoms with Gasteiger partial charge in [-0.05, 0) is 48.4 Å². The van der Waals surface area contributed by atoms with E-state index >= 15 is 0 Å². The Bertz CT molecular complexity index is 352. The monoisotopic (exact) mass is 239 g/mol. The molecule has 0 aliphatic carbocycles. The lowest BCUT2D eigenvalue weighted by Crippen LogP contribution is -2.15. The van der Waals surface area contributed by atoms with Crippen molar-refractivity contribution in [1.29, 1.82) is 0 Å². The van der Waals surface area contributed by atoms with Crippen LogP contribution in [0.25, 0.3) is 0 Å². The molecular weight excluding hydrogens is 218 g/mol. The first kappa shape index (κ1) is 13.5. The highest BCUT2D eigenvalue weighted by Crippen LogP contribution is 2.28. The van der Waals surface area contributed by atoms with E-state index in [1.165, 1.54) is 11.1 Å². The Balaban J connectivity index is 2.70. The quantitative estimate of drug-likeness (QED) is 0.827. The van der Waals surface area contributed by atoms with Crippen LogP contribution in [0.15, 0.2) is 18.2 Å². The largest absolute Gasteiger partial charge is 0.324 e. The smallest absolute Gasteiger partial charge is 0.0408 e. The molecule has 0 aliphatic rings. The van der Waals surface area contributed by atoms with Gasteiger partial charge in [-0.1, -0.05) is 38.4 Å². The number of benzene rings is 1. The van der Waals surface area contributed by atoms with Gasteiger partial charge >= 0.3 is 0 Å². The summed E-state index contributed by atoms with van der Waals surface area (Å²) in [5, 5.41) is 0.782. The molecule has 90 valence electrons. The molecule has 0 saturated carbocycles. The lowest BCUT2D eigenvalue weighted by atomic mass is 9.87. The molecule has 1 aromatic carbocycles. The highest BCUT2D eigenvalue weighted by Gasteiger charge is 2.15. The van der Waals surface area contributed by atoms with E-state index in [9.17, 15) is 0 Å². The Hall–Kier alpha value is -0.530. The van der Waals surface area contributed by atoms with Crippen LogP contribution in [0.1, 0.15) is 50.8 Å². The molecule has 0 saturated heterocycles. The lowest BCUT2D eigenvalue weighted by Gasteiger charge is -2.22. The van der Waals surface area contributed by atoms with Gasteiger partial charge in [-0.25, -0.2) is 0 Å². The van der Waals surface area contributed by atoms with Crippen molar-refractivity contribution < 1.29 is 0 Å². The normalized spacial score (nSPS) is 13.9. The van der Waals surface area contributed by atoms with Crippen LogP contribution < -0.4 is 5.73 Å². The standard InChI is InChI=1S/C14H22ClN/c1-10-9-11(15)5-6-12(10)13(16)7-8-14(2,3)4/h5-6,9,13H,7-8,16H2,1-4H3. The summed E-state index contributed by atoms with van der Waals surface area (Å²) in [5.41, 5.74) is 8.96. The Morgan fingerprint density at radius 2 is 1.94 bits per heavy atom.